The third-order valence-electron chi connectivity index (χ3n) is 3.83. The molecule has 2 aliphatic rings. The highest BCUT2D eigenvalue weighted by atomic mass is 16.9. The zero-order valence-corrected chi connectivity index (χ0v) is 12.3. The molecule has 1 aromatic carbocycles. The molecule has 0 radical (unpaired) electrons. The predicted octanol–water partition coefficient (Wildman–Crippen LogP) is 2.06. The summed E-state index contributed by atoms with van der Waals surface area (Å²) in [6.45, 7) is 0. The number of nitrogens with zero attached hydrogens (tertiary/aromatic N) is 5. The van der Waals surface area contributed by atoms with E-state index in [0.717, 1.165) is 0 Å². The first kappa shape index (κ1) is 15.9. The van der Waals surface area contributed by atoms with Crippen LogP contribution in [0.5, 0.6) is 0 Å². The number of para-hydroxylation sites is 1. The maximum Gasteiger partial charge on any atom is 0.273 e. The van der Waals surface area contributed by atoms with Crippen LogP contribution in [0, 0.1) is 42.7 Å². The van der Waals surface area contributed by atoms with Crippen LogP contribution in [0.15, 0.2) is 47.8 Å². The molecule has 3 rings (SSSR count). The van der Waals surface area contributed by atoms with Crippen molar-refractivity contribution in [2.75, 3.05) is 0 Å². The lowest BCUT2D eigenvalue weighted by Crippen LogP contribution is -2.25. The Morgan fingerprint density at radius 3 is 2.64 bits per heavy atom. The molecule has 25 heavy (non-hydrogen) atoms. The van der Waals surface area contributed by atoms with E-state index in [4.69, 9.17) is 0 Å². The molecule has 0 saturated heterocycles. The van der Waals surface area contributed by atoms with Gasteiger partial charge in [-0.2, -0.15) is 5.26 Å². The number of nitro benzene ring substituents is 1. The number of hydrogen-bond acceptors (Lipinski definition) is 7. The molecule has 0 saturated carbocycles. The summed E-state index contributed by atoms with van der Waals surface area (Å²) in [7, 11) is 0. The topological polar surface area (TPSA) is 159 Å². The van der Waals surface area contributed by atoms with Crippen LogP contribution in [0.25, 0.3) is 5.48 Å². The van der Waals surface area contributed by atoms with E-state index in [1.54, 1.807) is 0 Å². The van der Waals surface area contributed by atoms with Crippen LogP contribution < -0.4 is 0 Å². The number of nitro groups is 2. The van der Waals surface area contributed by atoms with Gasteiger partial charge in [-0.1, -0.05) is 24.3 Å². The maximum atomic E-state index is 11.5. The van der Waals surface area contributed by atoms with E-state index in [1.807, 2.05) is 6.07 Å². The van der Waals surface area contributed by atoms with Crippen LogP contribution in [0.1, 0.15) is 11.5 Å². The van der Waals surface area contributed by atoms with Gasteiger partial charge >= 0.3 is 0 Å². The number of benzene rings is 1. The van der Waals surface area contributed by atoms with Gasteiger partial charge < -0.3 is 10.4 Å². The Labute approximate surface area is 139 Å². The van der Waals surface area contributed by atoms with E-state index >= 15 is 0 Å². The lowest BCUT2D eigenvalue weighted by atomic mass is 9.80. The molecule has 126 valence electrons. The molecule has 0 amide bonds. The second kappa shape index (κ2) is 5.93. The molecule has 0 fully saturated rings. The number of allylic oxidation sites excluding steroid dienone is 2. The van der Waals surface area contributed by atoms with Gasteiger partial charge in [0, 0.05) is 28.3 Å². The summed E-state index contributed by atoms with van der Waals surface area (Å²) >= 11 is 0. The van der Waals surface area contributed by atoms with Gasteiger partial charge in [-0.3, -0.25) is 25.4 Å². The van der Waals surface area contributed by atoms with Crippen LogP contribution in [0.3, 0.4) is 0 Å². The van der Waals surface area contributed by atoms with Crippen LogP contribution in [-0.4, -0.2) is 20.5 Å². The van der Waals surface area contributed by atoms with Gasteiger partial charge in [-0.25, -0.2) is 0 Å². The molecule has 0 bridgehead atoms. The highest BCUT2D eigenvalue weighted by Gasteiger charge is 2.41. The Balaban J connectivity index is 2.15. The lowest BCUT2D eigenvalue weighted by molar-refractivity contribution is -0.717. The van der Waals surface area contributed by atoms with Crippen molar-refractivity contribution in [2.24, 2.45) is 5.92 Å². The van der Waals surface area contributed by atoms with Crippen molar-refractivity contribution >= 4 is 11.4 Å². The normalized spacial score (nSPS) is 19.6. The van der Waals surface area contributed by atoms with Gasteiger partial charge in [0.2, 0.25) is 5.70 Å². The molecule has 0 N–H and O–H groups in total. The van der Waals surface area contributed by atoms with Crippen LogP contribution in [-0.2, 0) is 4.94 Å². The average Bonchev–Trinajstić information content (AvgIpc) is 2.96. The van der Waals surface area contributed by atoms with E-state index in [0.29, 0.717) is 0 Å². The van der Waals surface area contributed by atoms with E-state index in [9.17, 15) is 30.7 Å². The summed E-state index contributed by atoms with van der Waals surface area (Å²) in [5.74, 6) is -2.36. The zero-order chi connectivity index (χ0) is 18.1. The van der Waals surface area contributed by atoms with E-state index in [2.05, 4.69) is 10.4 Å². The second-order valence-corrected chi connectivity index (χ2v) is 5.11. The fourth-order valence-corrected chi connectivity index (χ4v) is 2.75. The summed E-state index contributed by atoms with van der Waals surface area (Å²) in [6.07, 6.45) is 2.52. The standard InChI is InChI=1S/C14H8N5O6/c15-7-10(8-3-1-2-4-11(8)17(20)21)9-5-6-12-13(14(9)18(22)23)16-25-19(12)24/h1-6,9-10H/q-1. The first-order chi connectivity index (χ1) is 12.0. The summed E-state index contributed by atoms with van der Waals surface area (Å²) in [6, 6.07) is 7.39. The monoisotopic (exact) mass is 342 g/mol. The van der Waals surface area contributed by atoms with E-state index in [-0.39, 0.29) is 27.6 Å². The minimum Gasteiger partial charge on any atom is -0.567 e. The number of hydroxylamine groups is 1. The quantitative estimate of drug-likeness (QED) is 0.459. The van der Waals surface area contributed by atoms with Crippen LogP contribution in [0.2, 0.25) is 0 Å². The van der Waals surface area contributed by atoms with Gasteiger partial charge in [0.05, 0.1) is 27.8 Å². The molecule has 11 heteroatoms. The van der Waals surface area contributed by atoms with Crippen molar-refractivity contribution in [1.29, 1.82) is 5.26 Å². The van der Waals surface area contributed by atoms with Gasteiger partial charge in [0.25, 0.3) is 11.4 Å². The summed E-state index contributed by atoms with van der Waals surface area (Å²) in [5, 5.41) is 43.7. The van der Waals surface area contributed by atoms with E-state index in [1.165, 1.54) is 36.4 Å². The highest BCUT2D eigenvalue weighted by Crippen LogP contribution is 2.41. The average molecular weight is 342 g/mol. The fraction of sp³-hybridized carbons (Fsp3) is 0.143. The SMILES string of the molecule is N#CC(c1ccccc1[N+](=O)[O-])C1C=CC2=[N+]([O-])O[N-]C2=C1[N+](=O)[O-]. The van der Waals surface area contributed by atoms with Gasteiger partial charge in [-0.15, -0.1) is 0 Å². The van der Waals surface area contributed by atoms with Crippen LogP contribution in [0.4, 0.5) is 5.69 Å². The lowest BCUT2D eigenvalue weighted by Gasteiger charge is -2.23. The Bertz CT molecular complexity index is 913. The van der Waals surface area contributed by atoms with Crippen molar-refractivity contribution in [2.45, 2.75) is 5.92 Å². The molecule has 1 aliphatic heterocycles. The predicted molar refractivity (Wildman–Crippen MR) is 81.2 cm³/mol. The molecular formula is C14H8N5O6-. The third kappa shape index (κ3) is 2.51. The molecule has 2 atom stereocenters. The number of hydrogen-bond donors (Lipinski definition) is 0. The van der Waals surface area contributed by atoms with Crippen molar-refractivity contribution in [3.63, 3.8) is 0 Å². The smallest absolute Gasteiger partial charge is 0.273 e. The zero-order valence-electron chi connectivity index (χ0n) is 12.3. The Kier molecular flexibility index (Phi) is 3.78. The molecule has 0 aromatic heterocycles. The van der Waals surface area contributed by atoms with Gasteiger partial charge in [0.1, 0.15) is 0 Å². The Morgan fingerprint density at radius 1 is 1.28 bits per heavy atom. The number of fused-ring (bicyclic) bond motifs is 1. The van der Waals surface area contributed by atoms with Gasteiger partial charge in [0.15, 0.2) is 0 Å². The largest absolute Gasteiger partial charge is 0.567 e. The maximum absolute atomic E-state index is 11.5. The fourth-order valence-electron chi connectivity index (χ4n) is 2.75. The van der Waals surface area contributed by atoms with Crippen molar-refractivity contribution in [3.8, 4) is 6.07 Å². The Hall–Kier alpha value is -3.94. The van der Waals surface area contributed by atoms with Crippen molar-refractivity contribution in [3.05, 3.63) is 84.3 Å². The first-order valence-corrected chi connectivity index (χ1v) is 6.88. The number of rotatable bonds is 4. The van der Waals surface area contributed by atoms with Crippen molar-refractivity contribution < 1.29 is 19.7 Å². The van der Waals surface area contributed by atoms with E-state index < -0.39 is 27.4 Å². The minimum absolute atomic E-state index is 0.0118. The number of nitriles is 1. The third-order valence-corrected chi connectivity index (χ3v) is 3.83. The van der Waals surface area contributed by atoms with Crippen LogP contribution >= 0.6 is 0 Å². The first-order valence-electron chi connectivity index (χ1n) is 6.88. The molecule has 0 spiro atoms. The summed E-state index contributed by atoms with van der Waals surface area (Å²) in [4.78, 5) is 25.7. The molecule has 1 aromatic rings. The molecular weight excluding hydrogens is 334 g/mol. The van der Waals surface area contributed by atoms with Crippen molar-refractivity contribution in [1.82, 2.24) is 0 Å². The molecule has 1 aliphatic carbocycles. The molecule has 1 heterocycles. The summed E-state index contributed by atoms with van der Waals surface area (Å²) in [5.41, 5.74) is 2.10. The molecule has 2 unspecified atom stereocenters. The summed E-state index contributed by atoms with van der Waals surface area (Å²) < 4.78 is 0. The minimum atomic E-state index is -1.22. The molecule has 11 nitrogen and oxygen atoms in total. The highest BCUT2D eigenvalue weighted by molar-refractivity contribution is 6.08. The van der Waals surface area contributed by atoms with Gasteiger partial charge in [-0.05, 0) is 0 Å². The Morgan fingerprint density at radius 2 is 2.00 bits per heavy atom. The second-order valence-electron chi connectivity index (χ2n) is 5.11.